The molecule has 25 heavy (non-hydrogen) atoms. The monoisotopic (exact) mass is 336 g/mol. The standard InChI is InChI=1S/C22H28N2O/c1-3-23(4-2)22(25)18-11-7-13-24(15-18)20-14-17-10-5-8-16-9-6-12-19(20)21(16)17/h5-6,8-10,12,18,20H,3-4,7,11,13-15H2,1-2H3. The van der Waals surface area contributed by atoms with E-state index in [9.17, 15) is 4.79 Å². The van der Waals surface area contributed by atoms with Crippen molar-refractivity contribution in [3.63, 3.8) is 0 Å². The first kappa shape index (κ1) is 16.6. The first-order valence-electron chi connectivity index (χ1n) is 9.76. The van der Waals surface area contributed by atoms with Crippen molar-refractivity contribution in [2.75, 3.05) is 26.2 Å². The Morgan fingerprint density at radius 1 is 1.16 bits per heavy atom. The van der Waals surface area contributed by atoms with Crippen LogP contribution in [0.25, 0.3) is 10.8 Å². The van der Waals surface area contributed by atoms with Gasteiger partial charge in [-0.05, 0) is 61.6 Å². The van der Waals surface area contributed by atoms with E-state index < -0.39 is 0 Å². The molecule has 2 aromatic carbocycles. The molecule has 3 heteroatoms. The Morgan fingerprint density at radius 3 is 2.68 bits per heavy atom. The summed E-state index contributed by atoms with van der Waals surface area (Å²) in [6.45, 7) is 7.81. The highest BCUT2D eigenvalue weighted by Gasteiger charge is 2.35. The molecule has 1 aliphatic heterocycles. The highest BCUT2D eigenvalue weighted by atomic mass is 16.2. The molecule has 0 bridgehead atoms. The molecule has 1 amide bonds. The van der Waals surface area contributed by atoms with Crippen LogP contribution in [0.4, 0.5) is 0 Å². The summed E-state index contributed by atoms with van der Waals surface area (Å²) in [6.07, 6.45) is 3.25. The van der Waals surface area contributed by atoms with Crippen LogP contribution in [0.2, 0.25) is 0 Å². The Hall–Kier alpha value is -1.87. The van der Waals surface area contributed by atoms with E-state index >= 15 is 0 Å². The minimum absolute atomic E-state index is 0.163. The molecule has 1 aliphatic carbocycles. The molecule has 2 aliphatic rings. The van der Waals surface area contributed by atoms with Gasteiger partial charge in [-0.3, -0.25) is 9.69 Å². The SMILES string of the molecule is CCN(CC)C(=O)C1CCCN(C2Cc3cccc4cccc2c34)C1. The average Bonchev–Trinajstić information content (AvgIpc) is 3.04. The fourth-order valence-corrected chi connectivity index (χ4v) is 4.83. The van der Waals surface area contributed by atoms with E-state index in [0.717, 1.165) is 45.4 Å². The second kappa shape index (κ2) is 6.80. The Bertz CT molecular complexity index is 775. The normalized spacial score (nSPS) is 23.1. The maximum atomic E-state index is 12.8. The molecule has 1 saturated heterocycles. The van der Waals surface area contributed by atoms with Crippen LogP contribution in [-0.4, -0.2) is 41.9 Å². The van der Waals surface area contributed by atoms with E-state index in [1.54, 1.807) is 0 Å². The fourth-order valence-electron chi connectivity index (χ4n) is 4.83. The van der Waals surface area contributed by atoms with E-state index in [-0.39, 0.29) is 5.92 Å². The van der Waals surface area contributed by atoms with E-state index in [2.05, 4.69) is 55.1 Å². The molecule has 0 spiro atoms. The molecule has 0 saturated carbocycles. The third kappa shape index (κ3) is 2.85. The number of nitrogens with zero attached hydrogens (tertiary/aromatic N) is 2. The van der Waals surface area contributed by atoms with Crippen LogP contribution in [0.5, 0.6) is 0 Å². The first-order chi connectivity index (χ1) is 12.2. The summed E-state index contributed by atoms with van der Waals surface area (Å²) in [7, 11) is 0. The van der Waals surface area contributed by atoms with Crippen molar-refractivity contribution in [2.24, 2.45) is 5.92 Å². The van der Waals surface area contributed by atoms with Gasteiger partial charge in [0.2, 0.25) is 5.91 Å². The first-order valence-corrected chi connectivity index (χ1v) is 9.76. The van der Waals surface area contributed by atoms with Gasteiger partial charge >= 0.3 is 0 Å². The van der Waals surface area contributed by atoms with Crippen molar-refractivity contribution in [2.45, 2.75) is 39.2 Å². The van der Waals surface area contributed by atoms with E-state index in [4.69, 9.17) is 0 Å². The summed E-state index contributed by atoms with van der Waals surface area (Å²) < 4.78 is 0. The molecule has 2 unspecified atom stereocenters. The lowest BCUT2D eigenvalue weighted by molar-refractivity contribution is -0.137. The van der Waals surface area contributed by atoms with Crippen LogP contribution in [0, 0.1) is 5.92 Å². The van der Waals surface area contributed by atoms with E-state index in [1.807, 2.05) is 4.90 Å². The van der Waals surface area contributed by atoms with Gasteiger partial charge in [-0.2, -0.15) is 0 Å². The van der Waals surface area contributed by atoms with Crippen LogP contribution in [0.15, 0.2) is 36.4 Å². The summed E-state index contributed by atoms with van der Waals surface area (Å²) in [5, 5.41) is 2.80. The molecule has 2 aromatic rings. The van der Waals surface area contributed by atoms with Gasteiger partial charge in [-0.25, -0.2) is 0 Å². The number of piperidine rings is 1. The van der Waals surface area contributed by atoms with Gasteiger partial charge in [0.25, 0.3) is 0 Å². The van der Waals surface area contributed by atoms with Crippen molar-refractivity contribution >= 4 is 16.7 Å². The third-order valence-corrected chi connectivity index (χ3v) is 6.11. The predicted molar refractivity (Wildman–Crippen MR) is 103 cm³/mol. The van der Waals surface area contributed by atoms with Crippen molar-refractivity contribution in [3.05, 3.63) is 47.5 Å². The summed E-state index contributed by atoms with van der Waals surface area (Å²) in [5.74, 6) is 0.514. The fraction of sp³-hybridized carbons (Fsp3) is 0.500. The minimum Gasteiger partial charge on any atom is -0.343 e. The Morgan fingerprint density at radius 2 is 1.92 bits per heavy atom. The number of hydrogen-bond acceptors (Lipinski definition) is 2. The lowest BCUT2D eigenvalue weighted by atomic mass is 9.93. The Balaban J connectivity index is 1.57. The molecular weight excluding hydrogens is 308 g/mol. The van der Waals surface area contributed by atoms with E-state index in [0.29, 0.717) is 11.9 Å². The molecule has 1 fully saturated rings. The number of benzene rings is 2. The smallest absolute Gasteiger partial charge is 0.226 e. The Kier molecular flexibility index (Phi) is 4.51. The molecular formula is C22H28N2O. The summed E-state index contributed by atoms with van der Waals surface area (Å²) in [6, 6.07) is 13.8. The van der Waals surface area contributed by atoms with Crippen LogP contribution in [0.3, 0.4) is 0 Å². The largest absolute Gasteiger partial charge is 0.343 e. The number of hydrogen-bond donors (Lipinski definition) is 0. The quantitative estimate of drug-likeness (QED) is 0.842. The zero-order valence-corrected chi connectivity index (χ0v) is 15.4. The summed E-state index contributed by atoms with van der Waals surface area (Å²) in [5.41, 5.74) is 2.93. The molecule has 3 nitrogen and oxygen atoms in total. The second-order valence-electron chi connectivity index (χ2n) is 7.43. The number of amides is 1. The minimum atomic E-state index is 0.163. The van der Waals surface area contributed by atoms with Crippen molar-refractivity contribution in [1.82, 2.24) is 9.80 Å². The zero-order chi connectivity index (χ0) is 17.4. The maximum absolute atomic E-state index is 12.8. The van der Waals surface area contributed by atoms with Gasteiger partial charge in [-0.1, -0.05) is 36.4 Å². The zero-order valence-electron chi connectivity index (χ0n) is 15.4. The maximum Gasteiger partial charge on any atom is 0.226 e. The molecule has 4 rings (SSSR count). The second-order valence-corrected chi connectivity index (χ2v) is 7.43. The van der Waals surface area contributed by atoms with Crippen LogP contribution < -0.4 is 0 Å². The average molecular weight is 336 g/mol. The lowest BCUT2D eigenvalue weighted by Gasteiger charge is -2.38. The third-order valence-electron chi connectivity index (χ3n) is 6.11. The Labute approximate surface area is 150 Å². The summed E-state index contributed by atoms with van der Waals surface area (Å²) in [4.78, 5) is 17.4. The number of likely N-dealkylation sites (tertiary alicyclic amines) is 1. The highest BCUT2D eigenvalue weighted by molar-refractivity contribution is 5.91. The number of carbonyl (C=O) groups excluding carboxylic acids is 1. The van der Waals surface area contributed by atoms with Gasteiger partial charge in [0, 0.05) is 25.7 Å². The molecule has 0 aromatic heterocycles. The van der Waals surface area contributed by atoms with Gasteiger partial charge in [0.1, 0.15) is 0 Å². The van der Waals surface area contributed by atoms with Gasteiger partial charge in [-0.15, -0.1) is 0 Å². The molecule has 1 heterocycles. The number of carbonyl (C=O) groups is 1. The molecule has 132 valence electrons. The van der Waals surface area contributed by atoms with Gasteiger partial charge < -0.3 is 4.90 Å². The van der Waals surface area contributed by atoms with Gasteiger partial charge in [0.15, 0.2) is 0 Å². The summed E-state index contributed by atoms with van der Waals surface area (Å²) >= 11 is 0. The molecule has 2 atom stereocenters. The number of rotatable bonds is 4. The highest BCUT2D eigenvalue weighted by Crippen LogP contribution is 2.41. The van der Waals surface area contributed by atoms with Crippen molar-refractivity contribution in [3.8, 4) is 0 Å². The molecule has 0 radical (unpaired) electrons. The van der Waals surface area contributed by atoms with Crippen LogP contribution in [-0.2, 0) is 11.2 Å². The topological polar surface area (TPSA) is 23.6 Å². The van der Waals surface area contributed by atoms with Crippen molar-refractivity contribution < 1.29 is 4.79 Å². The van der Waals surface area contributed by atoms with Crippen molar-refractivity contribution in [1.29, 1.82) is 0 Å². The lowest BCUT2D eigenvalue weighted by Crippen LogP contribution is -2.45. The van der Waals surface area contributed by atoms with Crippen LogP contribution in [0.1, 0.15) is 43.9 Å². The molecule has 0 N–H and O–H groups in total. The van der Waals surface area contributed by atoms with E-state index in [1.165, 1.54) is 21.9 Å². The van der Waals surface area contributed by atoms with Crippen LogP contribution >= 0.6 is 0 Å². The predicted octanol–water partition coefficient (Wildman–Crippen LogP) is 4.02. The van der Waals surface area contributed by atoms with Gasteiger partial charge in [0.05, 0.1) is 5.92 Å².